The Morgan fingerprint density at radius 1 is 1.20 bits per heavy atom. The molecule has 0 unspecified atom stereocenters. The topological polar surface area (TPSA) is 47.6 Å². The lowest BCUT2D eigenvalue weighted by molar-refractivity contribution is 0.102. The third-order valence-electron chi connectivity index (χ3n) is 3.46. The monoisotopic (exact) mass is 425 g/mol. The van der Waals surface area contributed by atoms with Crippen molar-refractivity contribution in [3.05, 3.63) is 51.0 Å². The van der Waals surface area contributed by atoms with Crippen molar-refractivity contribution in [3.8, 4) is 11.5 Å². The minimum Gasteiger partial charge on any atom is -0.490 e. The number of anilines is 1. The zero-order valence-corrected chi connectivity index (χ0v) is 16.8. The molecule has 2 aromatic carbocycles. The van der Waals surface area contributed by atoms with Crippen LogP contribution in [-0.4, -0.2) is 19.1 Å². The van der Waals surface area contributed by atoms with E-state index in [0.717, 1.165) is 22.1 Å². The van der Waals surface area contributed by atoms with E-state index in [2.05, 4.69) is 21.2 Å². The number of hydrogen-bond acceptors (Lipinski definition) is 3. The van der Waals surface area contributed by atoms with E-state index in [9.17, 15) is 4.79 Å². The van der Waals surface area contributed by atoms with Crippen molar-refractivity contribution in [2.24, 2.45) is 0 Å². The highest BCUT2D eigenvalue weighted by molar-refractivity contribution is 9.10. The van der Waals surface area contributed by atoms with E-state index in [-0.39, 0.29) is 5.91 Å². The molecule has 6 heteroatoms. The average molecular weight is 427 g/mol. The molecular weight excluding hydrogens is 406 g/mol. The van der Waals surface area contributed by atoms with Crippen molar-refractivity contribution in [1.29, 1.82) is 0 Å². The van der Waals surface area contributed by atoms with Crippen LogP contribution in [0.2, 0.25) is 5.02 Å². The minimum atomic E-state index is -0.254. The number of amides is 1. The first kappa shape index (κ1) is 19.6. The average Bonchev–Trinajstić information content (AvgIpc) is 2.56. The van der Waals surface area contributed by atoms with Crippen LogP contribution in [0, 0.1) is 6.92 Å². The maximum absolute atomic E-state index is 12.6. The SMILES string of the molecule is CCCOc1c(Cl)cc(C(=O)Nc2ccc(Br)cc2C)cc1OCC. The number of carbonyl (C=O) groups excluding carboxylic acids is 1. The maximum Gasteiger partial charge on any atom is 0.255 e. The second-order valence-corrected chi connectivity index (χ2v) is 6.80. The molecule has 1 amide bonds. The van der Waals surface area contributed by atoms with E-state index in [1.54, 1.807) is 12.1 Å². The zero-order valence-electron chi connectivity index (χ0n) is 14.5. The Labute approximate surface area is 161 Å². The third kappa shape index (κ3) is 5.13. The predicted molar refractivity (Wildman–Crippen MR) is 105 cm³/mol. The molecule has 4 nitrogen and oxygen atoms in total. The summed E-state index contributed by atoms with van der Waals surface area (Å²) in [4.78, 5) is 12.6. The fourth-order valence-corrected chi connectivity index (χ4v) is 3.01. The van der Waals surface area contributed by atoms with Crippen molar-refractivity contribution in [2.45, 2.75) is 27.2 Å². The Morgan fingerprint density at radius 2 is 1.96 bits per heavy atom. The largest absolute Gasteiger partial charge is 0.490 e. The second-order valence-electron chi connectivity index (χ2n) is 5.48. The number of carbonyl (C=O) groups is 1. The molecule has 0 bridgehead atoms. The quantitative estimate of drug-likeness (QED) is 0.604. The molecule has 0 radical (unpaired) electrons. The van der Waals surface area contributed by atoms with Gasteiger partial charge in [0.25, 0.3) is 5.91 Å². The van der Waals surface area contributed by atoms with Gasteiger partial charge in [-0.2, -0.15) is 0 Å². The van der Waals surface area contributed by atoms with Gasteiger partial charge in [0.05, 0.1) is 18.2 Å². The fourth-order valence-electron chi connectivity index (χ4n) is 2.27. The van der Waals surface area contributed by atoms with E-state index in [1.165, 1.54) is 0 Å². The molecule has 0 aromatic heterocycles. The summed E-state index contributed by atoms with van der Waals surface area (Å²) in [5.41, 5.74) is 2.12. The summed E-state index contributed by atoms with van der Waals surface area (Å²) in [6.45, 7) is 6.80. The van der Waals surface area contributed by atoms with Gasteiger partial charge in [0.1, 0.15) is 0 Å². The lowest BCUT2D eigenvalue weighted by Gasteiger charge is -2.15. The zero-order chi connectivity index (χ0) is 18.4. The minimum absolute atomic E-state index is 0.254. The highest BCUT2D eigenvalue weighted by Gasteiger charge is 2.17. The van der Waals surface area contributed by atoms with Crippen LogP contribution < -0.4 is 14.8 Å². The molecule has 134 valence electrons. The van der Waals surface area contributed by atoms with Crippen molar-refractivity contribution < 1.29 is 14.3 Å². The summed E-state index contributed by atoms with van der Waals surface area (Å²) in [6, 6.07) is 8.92. The number of halogens is 2. The number of benzene rings is 2. The smallest absolute Gasteiger partial charge is 0.255 e. The molecular formula is C19H21BrClNO3. The number of hydrogen-bond donors (Lipinski definition) is 1. The van der Waals surface area contributed by atoms with Crippen LogP contribution in [-0.2, 0) is 0 Å². The molecule has 0 saturated carbocycles. The molecule has 0 aliphatic heterocycles. The normalized spacial score (nSPS) is 10.4. The molecule has 0 spiro atoms. The van der Waals surface area contributed by atoms with Gasteiger partial charge < -0.3 is 14.8 Å². The van der Waals surface area contributed by atoms with Crippen LogP contribution in [0.5, 0.6) is 11.5 Å². The fraction of sp³-hybridized carbons (Fsp3) is 0.316. The lowest BCUT2D eigenvalue weighted by Crippen LogP contribution is -2.13. The van der Waals surface area contributed by atoms with Crippen LogP contribution in [0.25, 0.3) is 0 Å². The Balaban J connectivity index is 2.29. The first-order chi connectivity index (χ1) is 12.0. The van der Waals surface area contributed by atoms with E-state index in [4.69, 9.17) is 21.1 Å². The van der Waals surface area contributed by atoms with E-state index < -0.39 is 0 Å². The Bertz CT molecular complexity index is 765. The highest BCUT2D eigenvalue weighted by atomic mass is 79.9. The Hall–Kier alpha value is -1.72. The second kappa shape index (κ2) is 9.11. The van der Waals surface area contributed by atoms with Crippen LogP contribution in [0.1, 0.15) is 36.2 Å². The number of rotatable bonds is 7. The first-order valence-corrected chi connectivity index (χ1v) is 9.30. The van der Waals surface area contributed by atoms with Crippen molar-refractivity contribution in [2.75, 3.05) is 18.5 Å². The van der Waals surface area contributed by atoms with Crippen molar-refractivity contribution in [3.63, 3.8) is 0 Å². The van der Waals surface area contributed by atoms with Gasteiger partial charge in [0, 0.05) is 15.7 Å². The Morgan fingerprint density at radius 3 is 2.60 bits per heavy atom. The number of aryl methyl sites for hydroxylation is 1. The molecule has 0 heterocycles. The molecule has 0 aliphatic rings. The van der Waals surface area contributed by atoms with Gasteiger partial charge in [0.2, 0.25) is 0 Å². The summed E-state index contributed by atoms with van der Waals surface area (Å²) in [7, 11) is 0. The van der Waals surface area contributed by atoms with Gasteiger partial charge in [-0.1, -0.05) is 34.5 Å². The van der Waals surface area contributed by atoms with Gasteiger partial charge in [-0.25, -0.2) is 0 Å². The van der Waals surface area contributed by atoms with E-state index >= 15 is 0 Å². The van der Waals surface area contributed by atoms with Crippen LogP contribution >= 0.6 is 27.5 Å². The summed E-state index contributed by atoms with van der Waals surface area (Å²) in [5.74, 6) is 0.693. The molecule has 0 aliphatic carbocycles. The predicted octanol–water partition coefficient (Wildman–Crippen LogP) is 5.85. The molecule has 0 fully saturated rings. The maximum atomic E-state index is 12.6. The van der Waals surface area contributed by atoms with Gasteiger partial charge >= 0.3 is 0 Å². The highest BCUT2D eigenvalue weighted by Crippen LogP contribution is 2.37. The van der Waals surface area contributed by atoms with E-state index in [1.807, 2.05) is 39.0 Å². The summed E-state index contributed by atoms with van der Waals surface area (Å²) < 4.78 is 12.2. The lowest BCUT2D eigenvalue weighted by atomic mass is 10.1. The molecule has 0 saturated heterocycles. The van der Waals surface area contributed by atoms with Crippen LogP contribution in [0.3, 0.4) is 0 Å². The molecule has 2 rings (SSSR count). The van der Waals surface area contributed by atoms with Crippen LogP contribution in [0.15, 0.2) is 34.8 Å². The molecule has 2 aromatic rings. The van der Waals surface area contributed by atoms with Crippen molar-refractivity contribution >= 4 is 39.1 Å². The summed E-state index contributed by atoms with van der Waals surface area (Å²) >= 11 is 9.73. The number of ether oxygens (including phenoxy) is 2. The van der Waals surface area contributed by atoms with Gasteiger partial charge in [-0.05, 0) is 56.2 Å². The summed E-state index contributed by atoms with van der Waals surface area (Å²) in [5, 5.41) is 3.26. The van der Waals surface area contributed by atoms with Crippen LogP contribution in [0.4, 0.5) is 5.69 Å². The number of nitrogens with one attached hydrogen (secondary N) is 1. The van der Waals surface area contributed by atoms with Crippen molar-refractivity contribution in [1.82, 2.24) is 0 Å². The molecule has 0 atom stereocenters. The molecule has 1 N–H and O–H groups in total. The van der Waals surface area contributed by atoms with Gasteiger partial charge in [-0.3, -0.25) is 4.79 Å². The van der Waals surface area contributed by atoms with Gasteiger partial charge in [-0.15, -0.1) is 0 Å². The molecule has 25 heavy (non-hydrogen) atoms. The summed E-state index contributed by atoms with van der Waals surface area (Å²) in [6.07, 6.45) is 0.854. The Kier molecular flexibility index (Phi) is 7.14. The standard InChI is InChI=1S/C19H21BrClNO3/c1-4-8-25-18-15(21)10-13(11-17(18)24-5-2)19(23)22-16-7-6-14(20)9-12(16)3/h6-7,9-11H,4-5,8H2,1-3H3,(H,22,23). The van der Waals surface area contributed by atoms with E-state index in [0.29, 0.717) is 35.3 Å². The first-order valence-electron chi connectivity index (χ1n) is 8.12. The van der Waals surface area contributed by atoms with Gasteiger partial charge in [0.15, 0.2) is 11.5 Å². The third-order valence-corrected chi connectivity index (χ3v) is 4.23.